The smallest absolute Gasteiger partial charge is 0.420 e. The van der Waals surface area contributed by atoms with Crippen molar-refractivity contribution in [3.8, 4) is 23.3 Å². The summed E-state index contributed by atoms with van der Waals surface area (Å²) in [5, 5.41) is 9.12. The Morgan fingerprint density at radius 2 is 1.81 bits per heavy atom. The zero-order valence-electron chi connectivity index (χ0n) is 14.0. The number of rotatable bonds is 4. The van der Waals surface area contributed by atoms with E-state index in [0.29, 0.717) is 0 Å². The number of carbonyl (C=O) groups excluding carboxylic acids is 1. The highest BCUT2D eigenvalue weighted by atomic mass is 19.4. The maximum absolute atomic E-state index is 13.3. The third kappa shape index (κ3) is 3.11. The Labute approximate surface area is 146 Å². The van der Waals surface area contributed by atoms with Crippen molar-refractivity contribution in [3.63, 3.8) is 0 Å². The molecular weight excluding hydrogens is 355 g/mol. The van der Waals surface area contributed by atoms with Crippen LogP contribution < -0.4 is 15.2 Å². The van der Waals surface area contributed by atoms with E-state index in [1.165, 1.54) is 7.11 Å². The third-order valence-corrected chi connectivity index (χ3v) is 3.61. The molecule has 0 aliphatic heterocycles. The summed E-state index contributed by atoms with van der Waals surface area (Å²) < 4.78 is 55.6. The molecule has 1 aromatic carbocycles. The number of aromatic nitrogens is 1. The number of halogens is 3. The predicted molar refractivity (Wildman–Crippen MR) is 84.3 cm³/mol. The lowest BCUT2D eigenvalue weighted by atomic mass is 10.1. The fourth-order valence-electron chi connectivity index (χ4n) is 2.40. The molecule has 1 aromatic heterocycles. The normalized spacial score (nSPS) is 11.0. The van der Waals surface area contributed by atoms with Crippen LogP contribution in [0.25, 0.3) is 5.69 Å². The van der Waals surface area contributed by atoms with Gasteiger partial charge in [0.25, 0.3) is 0 Å². The van der Waals surface area contributed by atoms with Crippen LogP contribution in [0.4, 0.5) is 18.9 Å². The molecule has 0 atom stereocenters. The van der Waals surface area contributed by atoms with Crippen molar-refractivity contribution in [1.29, 1.82) is 5.26 Å². The number of carbonyl (C=O) groups is 1. The first-order chi connectivity index (χ1) is 12.2. The Balaban J connectivity index is 2.88. The number of alkyl halides is 3. The van der Waals surface area contributed by atoms with Crippen molar-refractivity contribution < 1.29 is 32.2 Å². The molecule has 2 rings (SSSR count). The van der Waals surface area contributed by atoms with Crippen LogP contribution in [-0.2, 0) is 10.9 Å². The van der Waals surface area contributed by atoms with Crippen LogP contribution >= 0.6 is 0 Å². The van der Waals surface area contributed by atoms with E-state index in [1.54, 1.807) is 6.07 Å². The average molecular weight is 369 g/mol. The summed E-state index contributed by atoms with van der Waals surface area (Å²) in [6.07, 6.45) is -3.60. The highest BCUT2D eigenvalue weighted by Crippen LogP contribution is 2.42. The van der Waals surface area contributed by atoms with Gasteiger partial charge in [-0.1, -0.05) is 0 Å². The Morgan fingerprint density at radius 3 is 2.27 bits per heavy atom. The van der Waals surface area contributed by atoms with Gasteiger partial charge in [0, 0.05) is 12.3 Å². The highest BCUT2D eigenvalue weighted by Gasteiger charge is 2.36. The summed E-state index contributed by atoms with van der Waals surface area (Å²) in [5.74, 6) is -1.41. The predicted octanol–water partition coefficient (Wildman–Crippen LogP) is 2.75. The molecule has 0 amide bonds. The number of esters is 1. The Morgan fingerprint density at radius 1 is 1.19 bits per heavy atom. The maximum Gasteiger partial charge on any atom is 0.420 e. The third-order valence-electron chi connectivity index (χ3n) is 3.61. The highest BCUT2D eigenvalue weighted by molar-refractivity contribution is 5.96. The molecule has 0 fully saturated rings. The number of hydrogen-bond acceptors (Lipinski definition) is 6. The molecule has 138 valence electrons. The quantitative estimate of drug-likeness (QED) is 0.832. The van der Waals surface area contributed by atoms with Gasteiger partial charge < -0.3 is 24.5 Å². The first-order valence-electron chi connectivity index (χ1n) is 7.02. The zero-order valence-corrected chi connectivity index (χ0v) is 14.0. The van der Waals surface area contributed by atoms with Gasteiger partial charge in [-0.15, -0.1) is 0 Å². The molecule has 2 aromatic rings. The molecule has 0 radical (unpaired) electrons. The van der Waals surface area contributed by atoms with E-state index in [0.717, 1.165) is 37.1 Å². The molecule has 10 heteroatoms. The van der Waals surface area contributed by atoms with Gasteiger partial charge in [-0.05, 0) is 6.07 Å². The van der Waals surface area contributed by atoms with Crippen LogP contribution in [0.15, 0.2) is 18.3 Å². The second-order valence-electron chi connectivity index (χ2n) is 5.00. The van der Waals surface area contributed by atoms with E-state index in [9.17, 15) is 18.0 Å². The fraction of sp³-hybridized carbons (Fsp3) is 0.250. The number of benzene rings is 1. The summed E-state index contributed by atoms with van der Waals surface area (Å²) >= 11 is 0. The summed E-state index contributed by atoms with van der Waals surface area (Å²) in [4.78, 5) is 12.0. The Bertz CT molecular complexity index is 898. The molecular formula is C16H14F3N3O4. The summed E-state index contributed by atoms with van der Waals surface area (Å²) in [6, 6.07) is 3.54. The van der Waals surface area contributed by atoms with E-state index in [4.69, 9.17) is 20.5 Å². The van der Waals surface area contributed by atoms with Crippen LogP contribution in [0.5, 0.6) is 11.5 Å². The standard InChI is InChI=1S/C16H14F3N3O4/c1-24-11-5-12(25-2)10(4-9(11)16(17,18)19)22-7-8(6-20)13(21)14(22)15(23)26-3/h4-5,7H,21H2,1-3H3. The van der Waals surface area contributed by atoms with Gasteiger partial charge in [0.15, 0.2) is 5.69 Å². The molecule has 2 N–H and O–H groups in total. The summed E-state index contributed by atoms with van der Waals surface area (Å²) in [5.41, 5.74) is 3.92. The zero-order chi connectivity index (χ0) is 19.6. The Hall–Kier alpha value is -3.35. The minimum Gasteiger partial charge on any atom is -0.496 e. The molecule has 1 heterocycles. The number of anilines is 1. The SMILES string of the molecule is COC(=O)c1c(N)c(C#N)cn1-c1cc(C(F)(F)F)c(OC)cc1OC. The number of nitrogens with zero attached hydrogens (tertiary/aromatic N) is 2. The molecule has 0 saturated heterocycles. The van der Waals surface area contributed by atoms with Gasteiger partial charge in [-0.25, -0.2) is 4.79 Å². The molecule has 0 bridgehead atoms. The van der Waals surface area contributed by atoms with E-state index in [1.807, 2.05) is 0 Å². The lowest BCUT2D eigenvalue weighted by molar-refractivity contribution is -0.138. The van der Waals surface area contributed by atoms with Crippen molar-refractivity contribution >= 4 is 11.7 Å². The van der Waals surface area contributed by atoms with Gasteiger partial charge >= 0.3 is 12.1 Å². The van der Waals surface area contributed by atoms with Crippen LogP contribution in [0, 0.1) is 11.3 Å². The fourth-order valence-corrected chi connectivity index (χ4v) is 2.40. The van der Waals surface area contributed by atoms with Gasteiger partial charge in [-0.3, -0.25) is 0 Å². The molecule has 0 saturated carbocycles. The Kier molecular flexibility index (Phi) is 5.02. The van der Waals surface area contributed by atoms with Crippen molar-refractivity contribution in [2.75, 3.05) is 27.1 Å². The number of methoxy groups -OCH3 is 3. The van der Waals surface area contributed by atoms with Crippen molar-refractivity contribution in [2.24, 2.45) is 0 Å². The lowest BCUT2D eigenvalue weighted by Crippen LogP contribution is -2.14. The van der Waals surface area contributed by atoms with Gasteiger partial charge in [0.05, 0.1) is 43.8 Å². The van der Waals surface area contributed by atoms with Crippen LogP contribution in [0.2, 0.25) is 0 Å². The second kappa shape index (κ2) is 6.87. The van der Waals surface area contributed by atoms with Crippen molar-refractivity contribution in [2.45, 2.75) is 6.18 Å². The minimum atomic E-state index is -4.73. The number of nitrogen functional groups attached to an aromatic ring is 1. The lowest BCUT2D eigenvalue weighted by Gasteiger charge is -2.18. The van der Waals surface area contributed by atoms with E-state index < -0.39 is 23.5 Å². The van der Waals surface area contributed by atoms with Gasteiger partial charge in [-0.2, -0.15) is 18.4 Å². The summed E-state index contributed by atoms with van der Waals surface area (Å²) in [7, 11) is 3.41. The van der Waals surface area contributed by atoms with E-state index in [-0.39, 0.29) is 28.4 Å². The van der Waals surface area contributed by atoms with Crippen molar-refractivity contribution in [3.05, 3.63) is 35.2 Å². The molecule has 0 aliphatic rings. The number of ether oxygens (including phenoxy) is 3. The van der Waals surface area contributed by atoms with E-state index in [2.05, 4.69) is 4.74 Å². The number of nitrogens with two attached hydrogens (primary N) is 1. The topological polar surface area (TPSA) is 99.5 Å². The van der Waals surface area contributed by atoms with Crippen molar-refractivity contribution in [1.82, 2.24) is 4.57 Å². The molecule has 7 nitrogen and oxygen atoms in total. The molecule has 26 heavy (non-hydrogen) atoms. The number of nitriles is 1. The van der Waals surface area contributed by atoms with E-state index >= 15 is 0 Å². The molecule has 0 unspecified atom stereocenters. The molecule has 0 aliphatic carbocycles. The first kappa shape index (κ1) is 19.0. The van der Waals surface area contributed by atoms with Gasteiger partial charge in [0.2, 0.25) is 0 Å². The molecule has 0 spiro atoms. The maximum atomic E-state index is 13.3. The van der Waals surface area contributed by atoms with Gasteiger partial charge in [0.1, 0.15) is 17.6 Å². The summed E-state index contributed by atoms with van der Waals surface area (Å²) in [6.45, 7) is 0. The van der Waals surface area contributed by atoms with Crippen LogP contribution in [0.3, 0.4) is 0 Å². The average Bonchev–Trinajstić information content (AvgIpc) is 2.95. The largest absolute Gasteiger partial charge is 0.496 e. The monoisotopic (exact) mass is 369 g/mol. The van der Waals surface area contributed by atoms with Crippen LogP contribution in [-0.4, -0.2) is 31.9 Å². The first-order valence-corrected chi connectivity index (χ1v) is 7.02. The number of hydrogen-bond donors (Lipinski definition) is 1. The second-order valence-corrected chi connectivity index (χ2v) is 5.00. The van der Waals surface area contributed by atoms with Crippen LogP contribution in [0.1, 0.15) is 21.6 Å². The minimum absolute atomic E-state index is 0.0282.